The quantitative estimate of drug-likeness (QED) is 0.431. The highest BCUT2D eigenvalue weighted by Gasteiger charge is 2.65. The summed E-state index contributed by atoms with van der Waals surface area (Å²) in [6, 6.07) is 5.41. The zero-order chi connectivity index (χ0) is 18.0. The summed E-state index contributed by atoms with van der Waals surface area (Å²) in [4.78, 5) is 11.0. The lowest BCUT2D eigenvalue weighted by molar-refractivity contribution is -0.276. The second kappa shape index (κ2) is 7.03. The van der Waals surface area contributed by atoms with Crippen LogP contribution in [-0.2, 0) is 4.79 Å². The first-order chi connectivity index (χ1) is 11.1. The van der Waals surface area contributed by atoms with Crippen LogP contribution < -0.4 is 4.74 Å². The van der Waals surface area contributed by atoms with Gasteiger partial charge in [-0.1, -0.05) is 12.1 Å². The van der Waals surface area contributed by atoms with Crippen molar-refractivity contribution in [2.24, 2.45) is 5.92 Å². The van der Waals surface area contributed by atoms with E-state index in [1.165, 1.54) is 24.3 Å². The Morgan fingerprint density at radius 3 is 2.00 bits per heavy atom. The van der Waals surface area contributed by atoms with E-state index in [1.807, 2.05) is 0 Å². The molecule has 0 unspecified atom stereocenters. The maximum atomic E-state index is 12.8. The topological polar surface area (TPSA) is 26.3 Å². The zero-order valence-electron chi connectivity index (χ0n) is 12.6. The summed E-state index contributed by atoms with van der Waals surface area (Å²) in [7, 11) is 0. The maximum absolute atomic E-state index is 12.8. The summed E-state index contributed by atoms with van der Waals surface area (Å²) in [5, 5.41) is 0. The first-order valence-corrected chi connectivity index (χ1v) is 7.48. The number of ether oxygens (including phenoxy) is 1. The minimum atomic E-state index is -6.00. The Hall–Kier alpha value is -1.73. The third-order valence-electron chi connectivity index (χ3n) is 4.24. The van der Waals surface area contributed by atoms with Gasteiger partial charge in [0, 0.05) is 0 Å². The molecular formula is C16H16F6O2. The van der Waals surface area contributed by atoms with Gasteiger partial charge in [-0.3, -0.25) is 4.39 Å². The van der Waals surface area contributed by atoms with Crippen LogP contribution in [0.3, 0.4) is 0 Å². The van der Waals surface area contributed by atoms with Crippen molar-refractivity contribution < 1.29 is 35.9 Å². The molecule has 0 aromatic heterocycles. The molecule has 8 heteroatoms. The van der Waals surface area contributed by atoms with Crippen molar-refractivity contribution in [2.75, 3.05) is 6.67 Å². The molecule has 1 fully saturated rings. The van der Waals surface area contributed by atoms with Crippen molar-refractivity contribution in [3.63, 3.8) is 0 Å². The van der Waals surface area contributed by atoms with Crippen LogP contribution in [0, 0.1) is 5.92 Å². The lowest BCUT2D eigenvalue weighted by Crippen LogP contribution is -2.46. The summed E-state index contributed by atoms with van der Waals surface area (Å²) in [5.74, 6) is -8.37. The number of hydrogen-bond acceptors (Lipinski definition) is 2. The number of carbonyl (C=O) groups excluding carboxylic acids is 1. The summed E-state index contributed by atoms with van der Waals surface area (Å²) < 4.78 is 78.6. The largest absolute Gasteiger partial charge is 0.465 e. The number of benzene rings is 1. The molecule has 0 saturated heterocycles. The van der Waals surface area contributed by atoms with Crippen LogP contribution >= 0.6 is 0 Å². The highest BCUT2D eigenvalue weighted by atomic mass is 19.4. The van der Waals surface area contributed by atoms with Crippen molar-refractivity contribution in [3.8, 4) is 5.75 Å². The van der Waals surface area contributed by atoms with Gasteiger partial charge in [-0.2, -0.15) is 22.0 Å². The number of hydrogen-bond donors (Lipinski definition) is 0. The lowest BCUT2D eigenvalue weighted by Gasteiger charge is -2.27. The van der Waals surface area contributed by atoms with E-state index in [1.54, 1.807) is 0 Å². The van der Waals surface area contributed by atoms with Gasteiger partial charge in [-0.25, -0.2) is 4.79 Å². The molecule has 2 nitrogen and oxygen atoms in total. The predicted octanol–water partition coefficient (Wildman–Crippen LogP) is 5.03. The number of halogens is 6. The van der Waals surface area contributed by atoms with E-state index < -0.39 is 18.1 Å². The van der Waals surface area contributed by atoms with Gasteiger partial charge >= 0.3 is 18.1 Å². The Morgan fingerprint density at radius 2 is 1.54 bits per heavy atom. The van der Waals surface area contributed by atoms with Crippen LogP contribution in [0.5, 0.6) is 5.75 Å². The van der Waals surface area contributed by atoms with Gasteiger partial charge in [0.25, 0.3) is 0 Å². The van der Waals surface area contributed by atoms with Gasteiger partial charge < -0.3 is 4.74 Å². The van der Waals surface area contributed by atoms with Crippen molar-refractivity contribution >= 4 is 5.97 Å². The highest BCUT2D eigenvalue weighted by Crippen LogP contribution is 2.38. The van der Waals surface area contributed by atoms with Crippen LogP contribution in [0.2, 0.25) is 0 Å². The van der Waals surface area contributed by atoms with Crippen molar-refractivity contribution in [3.05, 3.63) is 29.8 Å². The molecule has 2 rings (SSSR count). The fourth-order valence-electron chi connectivity index (χ4n) is 2.74. The number of rotatable bonds is 4. The molecule has 134 valence electrons. The third kappa shape index (κ3) is 4.02. The van der Waals surface area contributed by atoms with E-state index in [2.05, 4.69) is 4.74 Å². The fourth-order valence-corrected chi connectivity index (χ4v) is 2.74. The summed E-state index contributed by atoms with van der Waals surface area (Å²) in [6.45, 7) is -0.352. The Bertz CT molecular complexity index is 559. The molecule has 1 aromatic rings. The van der Waals surface area contributed by atoms with E-state index in [4.69, 9.17) is 0 Å². The molecule has 0 aliphatic heterocycles. The van der Waals surface area contributed by atoms with Gasteiger partial charge in [0.15, 0.2) is 0 Å². The molecule has 0 atom stereocenters. The van der Waals surface area contributed by atoms with Crippen LogP contribution in [-0.4, -0.2) is 24.7 Å². The molecule has 0 spiro atoms. The molecule has 1 saturated carbocycles. The number of alkyl halides is 6. The average Bonchev–Trinajstić information content (AvgIpc) is 2.54. The first kappa shape index (κ1) is 18.6. The van der Waals surface area contributed by atoms with E-state index in [0.717, 1.165) is 31.2 Å². The molecule has 0 radical (unpaired) electrons. The van der Waals surface area contributed by atoms with E-state index in [9.17, 15) is 31.1 Å². The summed E-state index contributed by atoms with van der Waals surface area (Å²) in [5.41, 5.74) is 0.856. The second-order valence-electron chi connectivity index (χ2n) is 5.90. The van der Waals surface area contributed by atoms with Gasteiger partial charge in [0.05, 0.1) is 6.67 Å². The zero-order valence-corrected chi connectivity index (χ0v) is 12.6. The Labute approximate surface area is 134 Å². The SMILES string of the molecule is O=C(Oc1ccc(C2CCC(CF)CC2)cc1)C(F)(F)C(F)(F)F. The van der Waals surface area contributed by atoms with Gasteiger partial charge in [0.2, 0.25) is 0 Å². The van der Waals surface area contributed by atoms with Gasteiger partial charge in [-0.05, 0) is 55.2 Å². The Morgan fingerprint density at radius 1 is 1.00 bits per heavy atom. The average molecular weight is 354 g/mol. The Balaban J connectivity index is 1.99. The van der Waals surface area contributed by atoms with Crippen molar-refractivity contribution in [2.45, 2.75) is 43.7 Å². The molecule has 24 heavy (non-hydrogen) atoms. The Kier molecular flexibility index (Phi) is 5.45. The van der Waals surface area contributed by atoms with E-state index >= 15 is 0 Å². The summed E-state index contributed by atoms with van der Waals surface area (Å²) in [6.07, 6.45) is -2.95. The maximum Gasteiger partial charge on any atom is 0.465 e. The monoisotopic (exact) mass is 354 g/mol. The lowest BCUT2D eigenvalue weighted by atomic mass is 9.79. The highest BCUT2D eigenvalue weighted by molar-refractivity contribution is 5.80. The third-order valence-corrected chi connectivity index (χ3v) is 4.24. The molecular weight excluding hydrogens is 338 g/mol. The van der Waals surface area contributed by atoms with Crippen LogP contribution in [0.4, 0.5) is 26.3 Å². The summed E-state index contributed by atoms with van der Waals surface area (Å²) >= 11 is 0. The van der Waals surface area contributed by atoms with Gasteiger partial charge in [0.1, 0.15) is 5.75 Å². The van der Waals surface area contributed by atoms with Crippen LogP contribution in [0.25, 0.3) is 0 Å². The predicted molar refractivity (Wildman–Crippen MR) is 73.8 cm³/mol. The van der Waals surface area contributed by atoms with Crippen molar-refractivity contribution in [1.29, 1.82) is 0 Å². The smallest absolute Gasteiger partial charge is 0.422 e. The van der Waals surface area contributed by atoms with E-state index in [0.29, 0.717) is 0 Å². The molecule has 1 aliphatic carbocycles. The molecule has 1 aliphatic rings. The van der Waals surface area contributed by atoms with Gasteiger partial charge in [-0.15, -0.1) is 0 Å². The standard InChI is InChI=1S/C16H16F6O2/c17-9-10-1-3-11(4-2-10)12-5-7-13(8-6-12)24-14(23)15(18,19)16(20,21)22/h5-8,10-11H,1-4,9H2. The molecule has 0 heterocycles. The molecule has 0 bridgehead atoms. The van der Waals surface area contributed by atoms with Crippen LogP contribution in [0.15, 0.2) is 24.3 Å². The van der Waals surface area contributed by atoms with Crippen molar-refractivity contribution in [1.82, 2.24) is 0 Å². The normalized spacial score (nSPS) is 22.2. The number of esters is 1. The van der Waals surface area contributed by atoms with E-state index in [-0.39, 0.29) is 24.3 Å². The minimum absolute atomic E-state index is 0.0612. The first-order valence-electron chi connectivity index (χ1n) is 7.48. The molecule has 0 N–H and O–H groups in total. The van der Waals surface area contributed by atoms with Crippen LogP contribution in [0.1, 0.15) is 37.2 Å². The second-order valence-corrected chi connectivity index (χ2v) is 5.90. The molecule has 1 aromatic carbocycles. The minimum Gasteiger partial charge on any atom is -0.422 e. The number of carbonyl (C=O) groups is 1. The fraction of sp³-hybridized carbons (Fsp3) is 0.562. The molecule has 0 amide bonds.